The van der Waals surface area contributed by atoms with E-state index in [9.17, 15) is 4.79 Å². The third-order valence-corrected chi connectivity index (χ3v) is 1.51. The molecule has 0 aromatic carbocycles. The van der Waals surface area contributed by atoms with Crippen LogP contribution in [0.15, 0.2) is 0 Å². The van der Waals surface area contributed by atoms with Gasteiger partial charge in [-0.1, -0.05) is 0 Å². The zero-order valence-corrected chi connectivity index (χ0v) is 6.99. The van der Waals surface area contributed by atoms with Crippen LogP contribution < -0.4 is 10.6 Å². The molecule has 0 saturated carbocycles. The van der Waals surface area contributed by atoms with Crippen molar-refractivity contribution in [3.8, 4) is 0 Å². The molecular formula is C6H13ClN2O. The quantitative estimate of drug-likeness (QED) is 0.525. The lowest BCUT2D eigenvalue weighted by Gasteiger charge is -2.25. The second-order valence-electron chi connectivity index (χ2n) is 2.53. The van der Waals surface area contributed by atoms with Gasteiger partial charge >= 0.3 is 0 Å². The molecule has 0 aromatic heterocycles. The van der Waals surface area contributed by atoms with Gasteiger partial charge in [-0.2, -0.15) is 0 Å². The summed E-state index contributed by atoms with van der Waals surface area (Å²) in [5.41, 5.74) is 0. The molecule has 1 heterocycles. The maximum absolute atomic E-state index is 10.8. The van der Waals surface area contributed by atoms with E-state index in [1.54, 1.807) is 0 Å². The Hall–Kier alpha value is -0.280. The minimum atomic E-state index is -0.0197. The summed E-state index contributed by atoms with van der Waals surface area (Å²) in [6, 6.07) is 0.395. The highest BCUT2D eigenvalue weighted by molar-refractivity contribution is 5.85. The van der Waals surface area contributed by atoms with Crippen molar-refractivity contribution in [2.24, 2.45) is 0 Å². The Morgan fingerprint density at radius 1 is 1.50 bits per heavy atom. The fourth-order valence-electron chi connectivity index (χ4n) is 0.968. The van der Waals surface area contributed by atoms with E-state index in [1.165, 1.54) is 0 Å². The first kappa shape index (κ1) is 9.72. The summed E-state index contributed by atoms with van der Waals surface area (Å²) in [6.45, 7) is 4.67. The predicted molar refractivity (Wildman–Crippen MR) is 42.3 cm³/mol. The maximum Gasteiger partial charge on any atom is 0.236 e. The summed E-state index contributed by atoms with van der Waals surface area (Å²) in [5.74, 6) is 0.105. The molecule has 1 fully saturated rings. The topological polar surface area (TPSA) is 41.1 Å². The van der Waals surface area contributed by atoms with E-state index in [-0.39, 0.29) is 24.4 Å². The van der Waals surface area contributed by atoms with Gasteiger partial charge in [0.25, 0.3) is 0 Å². The van der Waals surface area contributed by atoms with Crippen LogP contribution in [-0.2, 0) is 4.79 Å². The van der Waals surface area contributed by atoms with E-state index < -0.39 is 0 Å². The molecule has 2 N–H and O–H groups in total. The average Bonchev–Trinajstić information content (AvgIpc) is 1.80. The van der Waals surface area contributed by atoms with Crippen LogP contribution >= 0.6 is 12.4 Å². The van der Waals surface area contributed by atoms with E-state index >= 15 is 0 Å². The Morgan fingerprint density at radius 3 is 2.50 bits per heavy atom. The molecule has 0 aliphatic carbocycles. The first-order valence-corrected chi connectivity index (χ1v) is 3.24. The second-order valence-corrected chi connectivity index (χ2v) is 2.53. The van der Waals surface area contributed by atoms with Crippen molar-refractivity contribution in [3.05, 3.63) is 0 Å². The van der Waals surface area contributed by atoms with E-state index in [0.717, 1.165) is 6.54 Å². The summed E-state index contributed by atoms with van der Waals surface area (Å²) < 4.78 is 0. The van der Waals surface area contributed by atoms with E-state index in [4.69, 9.17) is 0 Å². The van der Waals surface area contributed by atoms with E-state index in [2.05, 4.69) is 17.6 Å². The van der Waals surface area contributed by atoms with Gasteiger partial charge in [0.1, 0.15) is 0 Å². The van der Waals surface area contributed by atoms with Gasteiger partial charge in [0.15, 0.2) is 0 Å². The number of amides is 1. The number of halogens is 1. The fraction of sp³-hybridized carbons (Fsp3) is 0.833. The Labute approximate surface area is 67.0 Å². The normalized spacial score (nSPS) is 32.4. The van der Waals surface area contributed by atoms with Crippen molar-refractivity contribution in [2.75, 3.05) is 6.54 Å². The molecule has 3 nitrogen and oxygen atoms in total. The summed E-state index contributed by atoms with van der Waals surface area (Å²) in [4.78, 5) is 10.8. The van der Waals surface area contributed by atoms with Crippen LogP contribution in [0, 0.1) is 0 Å². The minimum absolute atomic E-state index is 0. The molecule has 0 spiro atoms. The van der Waals surface area contributed by atoms with Crippen molar-refractivity contribution < 1.29 is 4.79 Å². The van der Waals surface area contributed by atoms with E-state index in [0.29, 0.717) is 6.04 Å². The second kappa shape index (κ2) is 3.78. The Bertz CT molecular complexity index is 129. The molecule has 1 aliphatic heterocycles. The zero-order valence-electron chi connectivity index (χ0n) is 6.18. The lowest BCUT2D eigenvalue weighted by atomic mass is 10.2. The number of hydrogen-bond donors (Lipinski definition) is 2. The third-order valence-electron chi connectivity index (χ3n) is 1.51. The lowest BCUT2D eigenvalue weighted by molar-refractivity contribution is -0.124. The first-order valence-electron chi connectivity index (χ1n) is 3.24. The van der Waals surface area contributed by atoms with Gasteiger partial charge in [0, 0.05) is 12.6 Å². The van der Waals surface area contributed by atoms with E-state index in [1.807, 2.05) is 6.92 Å². The molecule has 1 rings (SSSR count). The highest BCUT2D eigenvalue weighted by atomic mass is 35.5. The number of piperazine rings is 1. The summed E-state index contributed by atoms with van der Waals surface area (Å²) in [6.07, 6.45) is 0. The van der Waals surface area contributed by atoms with Gasteiger partial charge in [0.2, 0.25) is 5.91 Å². The van der Waals surface area contributed by atoms with Gasteiger partial charge in [-0.25, -0.2) is 0 Å². The lowest BCUT2D eigenvalue weighted by Crippen LogP contribution is -2.55. The monoisotopic (exact) mass is 164 g/mol. The van der Waals surface area contributed by atoms with Crippen LogP contribution in [0.3, 0.4) is 0 Å². The Balaban J connectivity index is 0.000000810. The number of carbonyl (C=O) groups excluding carboxylic acids is 1. The first-order chi connectivity index (χ1) is 4.20. The molecule has 60 valence electrons. The maximum atomic E-state index is 10.8. The molecule has 2 atom stereocenters. The van der Waals surface area contributed by atoms with Gasteiger partial charge in [0.05, 0.1) is 6.04 Å². The van der Waals surface area contributed by atoms with Crippen molar-refractivity contribution >= 4 is 18.3 Å². The molecule has 0 aromatic rings. The van der Waals surface area contributed by atoms with Crippen molar-refractivity contribution in [1.82, 2.24) is 10.6 Å². The van der Waals surface area contributed by atoms with Crippen molar-refractivity contribution in [1.29, 1.82) is 0 Å². The van der Waals surface area contributed by atoms with Gasteiger partial charge < -0.3 is 10.6 Å². The summed E-state index contributed by atoms with van der Waals surface area (Å²) >= 11 is 0. The van der Waals surface area contributed by atoms with Crippen LogP contribution in [-0.4, -0.2) is 24.5 Å². The highest BCUT2D eigenvalue weighted by Crippen LogP contribution is 1.92. The minimum Gasteiger partial charge on any atom is -0.353 e. The average molecular weight is 165 g/mol. The highest BCUT2D eigenvalue weighted by Gasteiger charge is 2.19. The van der Waals surface area contributed by atoms with Crippen molar-refractivity contribution in [3.63, 3.8) is 0 Å². The third kappa shape index (κ3) is 2.15. The molecule has 0 bridgehead atoms. The van der Waals surface area contributed by atoms with Crippen molar-refractivity contribution in [2.45, 2.75) is 25.9 Å². The predicted octanol–water partition coefficient (Wildman–Crippen LogP) is -0.0954. The smallest absolute Gasteiger partial charge is 0.236 e. The van der Waals surface area contributed by atoms with Crippen LogP contribution in [0.5, 0.6) is 0 Å². The molecule has 0 unspecified atom stereocenters. The number of hydrogen-bond acceptors (Lipinski definition) is 2. The van der Waals surface area contributed by atoms with Crippen LogP contribution in [0.2, 0.25) is 0 Å². The molecule has 1 amide bonds. The van der Waals surface area contributed by atoms with Gasteiger partial charge in [-0.05, 0) is 13.8 Å². The molecular weight excluding hydrogens is 152 g/mol. The molecule has 1 aliphatic rings. The Morgan fingerprint density at radius 2 is 2.10 bits per heavy atom. The largest absolute Gasteiger partial charge is 0.353 e. The van der Waals surface area contributed by atoms with Crippen LogP contribution in [0.1, 0.15) is 13.8 Å². The SMILES string of the molecule is C[C@@H]1CNC(=O)[C@@H](C)N1.Cl. The molecule has 0 radical (unpaired) electrons. The molecule has 1 saturated heterocycles. The number of carbonyl (C=O) groups is 1. The number of nitrogens with one attached hydrogen (secondary N) is 2. The zero-order chi connectivity index (χ0) is 6.85. The summed E-state index contributed by atoms with van der Waals surface area (Å²) in [5, 5.41) is 5.90. The fourth-order valence-corrected chi connectivity index (χ4v) is 0.968. The Kier molecular flexibility index (Phi) is 3.68. The van der Waals surface area contributed by atoms with Crippen LogP contribution in [0.4, 0.5) is 0 Å². The van der Waals surface area contributed by atoms with Gasteiger partial charge in [-0.3, -0.25) is 4.79 Å². The molecule has 4 heteroatoms. The summed E-state index contributed by atoms with van der Waals surface area (Å²) in [7, 11) is 0. The van der Waals surface area contributed by atoms with Gasteiger partial charge in [-0.15, -0.1) is 12.4 Å². The standard InChI is InChI=1S/C6H12N2O.ClH/c1-4-3-7-6(9)5(2)8-4;/h4-5,8H,3H2,1-2H3,(H,7,9);1H/t4-,5-;/m1./s1. The molecule has 10 heavy (non-hydrogen) atoms. The van der Waals surface area contributed by atoms with Crippen LogP contribution in [0.25, 0.3) is 0 Å². The number of rotatable bonds is 0.